The summed E-state index contributed by atoms with van der Waals surface area (Å²) in [5.74, 6) is 0. The van der Waals surface area contributed by atoms with E-state index in [-0.39, 0.29) is 0 Å². The van der Waals surface area contributed by atoms with Gasteiger partial charge in [-0.3, -0.25) is 0 Å². The first-order valence-electron chi connectivity index (χ1n) is 17.0. The zero-order valence-electron chi connectivity index (χ0n) is 27.3. The summed E-state index contributed by atoms with van der Waals surface area (Å²) in [4.78, 5) is 0. The summed E-state index contributed by atoms with van der Waals surface area (Å²) in [7, 11) is 0. The molecule has 0 spiro atoms. The third-order valence-corrected chi connectivity index (χ3v) is 10.1. The molecule has 2 nitrogen and oxygen atoms in total. The van der Waals surface area contributed by atoms with E-state index in [1.807, 2.05) is 0 Å². The van der Waals surface area contributed by atoms with Crippen LogP contribution in [0, 0.1) is 0 Å². The smallest absolute Gasteiger partial charge is 0.0491 e. The summed E-state index contributed by atoms with van der Waals surface area (Å²) in [6.45, 7) is 6.35. The van der Waals surface area contributed by atoms with Crippen LogP contribution < -0.4 is 0 Å². The third-order valence-electron chi connectivity index (χ3n) is 10.1. The Hall–Kier alpha value is -5.86. The molecule has 0 aliphatic rings. The second kappa shape index (κ2) is 11.4. The van der Waals surface area contributed by atoms with E-state index in [4.69, 9.17) is 0 Å². The fourth-order valence-corrected chi connectivity index (χ4v) is 7.95. The Kier molecular flexibility index (Phi) is 6.76. The van der Waals surface area contributed by atoms with Crippen molar-refractivity contribution in [3.8, 4) is 0 Å². The molecule has 9 aromatic rings. The van der Waals surface area contributed by atoms with Gasteiger partial charge in [0.15, 0.2) is 0 Å². The van der Waals surface area contributed by atoms with Crippen LogP contribution in [0.5, 0.6) is 0 Å². The zero-order valence-corrected chi connectivity index (χ0v) is 27.3. The first-order valence-corrected chi connectivity index (χ1v) is 17.0. The van der Waals surface area contributed by atoms with E-state index in [9.17, 15) is 0 Å². The quantitative estimate of drug-likeness (QED) is 0.130. The molecule has 0 atom stereocenters. The average molecular weight is 617 g/mol. The molecule has 0 aliphatic carbocycles. The molecule has 0 fully saturated rings. The SMILES string of the molecule is CCn1c2ccccc2c2cc(C=Cc3c4ccccc4c(C=Cc4ccc5c(c4)c4ccccc4n5CC)c4ccccc34)ccc21. The molecule has 2 aromatic heterocycles. The lowest BCUT2D eigenvalue weighted by atomic mass is 9.90. The van der Waals surface area contributed by atoms with Gasteiger partial charge in [0, 0.05) is 56.7 Å². The fraction of sp³-hybridized carbons (Fsp3) is 0.0870. The maximum Gasteiger partial charge on any atom is 0.0491 e. The number of benzene rings is 7. The number of para-hydroxylation sites is 2. The number of aryl methyl sites for hydroxylation is 2. The van der Waals surface area contributed by atoms with Crippen molar-refractivity contribution in [2.45, 2.75) is 26.9 Å². The minimum Gasteiger partial charge on any atom is -0.341 e. The molecule has 0 radical (unpaired) electrons. The van der Waals surface area contributed by atoms with Crippen LogP contribution in [0.3, 0.4) is 0 Å². The van der Waals surface area contributed by atoms with Gasteiger partial charge in [0.05, 0.1) is 0 Å². The van der Waals surface area contributed by atoms with Crippen molar-refractivity contribution in [3.05, 3.63) is 156 Å². The Bertz CT molecular complexity index is 2500. The van der Waals surface area contributed by atoms with Crippen molar-refractivity contribution in [2.75, 3.05) is 0 Å². The molecule has 2 heterocycles. The van der Waals surface area contributed by atoms with E-state index >= 15 is 0 Å². The largest absolute Gasteiger partial charge is 0.341 e. The fourth-order valence-electron chi connectivity index (χ4n) is 7.95. The lowest BCUT2D eigenvalue weighted by Gasteiger charge is -2.13. The van der Waals surface area contributed by atoms with Gasteiger partial charge in [-0.05, 0) is 94.0 Å². The predicted molar refractivity (Wildman–Crippen MR) is 210 cm³/mol. The Morgan fingerprint density at radius 1 is 0.354 bits per heavy atom. The molecule has 0 aliphatic heterocycles. The molecule has 9 rings (SSSR count). The number of fused-ring (bicyclic) bond motifs is 8. The lowest BCUT2D eigenvalue weighted by Crippen LogP contribution is -1.92. The van der Waals surface area contributed by atoms with E-state index in [0.29, 0.717) is 0 Å². The molecule has 0 N–H and O–H groups in total. The van der Waals surface area contributed by atoms with Crippen LogP contribution in [0.1, 0.15) is 36.1 Å². The van der Waals surface area contributed by atoms with E-state index in [0.717, 1.165) is 13.1 Å². The minimum absolute atomic E-state index is 0.954. The number of rotatable bonds is 6. The van der Waals surface area contributed by atoms with Crippen molar-refractivity contribution >= 4 is 89.5 Å². The Labute approximate surface area is 280 Å². The van der Waals surface area contributed by atoms with Gasteiger partial charge >= 0.3 is 0 Å². The summed E-state index contributed by atoms with van der Waals surface area (Å²) in [5, 5.41) is 10.3. The van der Waals surface area contributed by atoms with Crippen LogP contribution in [0.2, 0.25) is 0 Å². The summed E-state index contributed by atoms with van der Waals surface area (Å²) in [6.07, 6.45) is 9.19. The van der Waals surface area contributed by atoms with Gasteiger partial charge in [0.25, 0.3) is 0 Å². The topological polar surface area (TPSA) is 9.86 Å². The molecular formula is C46H36N2. The van der Waals surface area contributed by atoms with Crippen molar-refractivity contribution < 1.29 is 0 Å². The van der Waals surface area contributed by atoms with Gasteiger partial charge in [0.2, 0.25) is 0 Å². The van der Waals surface area contributed by atoms with Crippen LogP contribution in [-0.4, -0.2) is 9.13 Å². The van der Waals surface area contributed by atoms with E-state index < -0.39 is 0 Å². The highest BCUT2D eigenvalue weighted by Gasteiger charge is 2.13. The number of hydrogen-bond acceptors (Lipinski definition) is 0. The van der Waals surface area contributed by atoms with Gasteiger partial charge in [-0.25, -0.2) is 0 Å². The molecule has 48 heavy (non-hydrogen) atoms. The Morgan fingerprint density at radius 3 is 1.06 bits per heavy atom. The molecule has 0 saturated heterocycles. The molecule has 0 unspecified atom stereocenters. The van der Waals surface area contributed by atoms with E-state index in [2.05, 4.69) is 181 Å². The standard InChI is InChI=1S/C46H36N2/c1-3-47-43-19-11-9-17-39(43)41-29-31(23-27-45(41)47)21-25-37-33-13-5-7-15-35(33)38(36-16-8-6-14-34(36)37)26-22-32-24-28-46-42(30-32)40-18-10-12-20-44(40)48(46)4-2/h5-30H,3-4H2,1-2H3. The molecular weight excluding hydrogens is 581 g/mol. The zero-order chi connectivity index (χ0) is 32.2. The number of aromatic nitrogens is 2. The number of hydrogen-bond donors (Lipinski definition) is 0. The van der Waals surface area contributed by atoms with Gasteiger partial charge in [-0.15, -0.1) is 0 Å². The van der Waals surface area contributed by atoms with Crippen LogP contribution in [0.25, 0.3) is 89.5 Å². The predicted octanol–water partition coefficient (Wildman–Crippen LogP) is 12.6. The summed E-state index contributed by atoms with van der Waals surface area (Å²) in [6, 6.07) is 48.9. The maximum atomic E-state index is 2.41. The highest BCUT2D eigenvalue weighted by atomic mass is 15.0. The van der Waals surface area contributed by atoms with E-state index in [1.165, 1.54) is 87.4 Å². The van der Waals surface area contributed by atoms with Gasteiger partial charge in [-0.2, -0.15) is 0 Å². The normalized spacial score (nSPS) is 12.4. The van der Waals surface area contributed by atoms with Gasteiger partial charge in [0.1, 0.15) is 0 Å². The van der Waals surface area contributed by atoms with Crippen LogP contribution in [-0.2, 0) is 13.1 Å². The molecule has 2 heteroatoms. The molecule has 230 valence electrons. The monoisotopic (exact) mass is 616 g/mol. The minimum atomic E-state index is 0.954. The highest BCUT2D eigenvalue weighted by Crippen LogP contribution is 2.37. The summed E-state index contributed by atoms with van der Waals surface area (Å²) < 4.78 is 4.82. The Balaban J connectivity index is 1.17. The average Bonchev–Trinajstić information content (AvgIpc) is 3.64. The highest BCUT2D eigenvalue weighted by molar-refractivity contribution is 6.15. The maximum absolute atomic E-state index is 2.41. The van der Waals surface area contributed by atoms with Crippen molar-refractivity contribution in [3.63, 3.8) is 0 Å². The summed E-state index contributed by atoms with van der Waals surface area (Å²) >= 11 is 0. The van der Waals surface area contributed by atoms with Gasteiger partial charge in [-0.1, -0.05) is 121 Å². The molecule has 0 amide bonds. The van der Waals surface area contributed by atoms with Crippen LogP contribution >= 0.6 is 0 Å². The van der Waals surface area contributed by atoms with Crippen molar-refractivity contribution in [1.29, 1.82) is 0 Å². The molecule has 7 aromatic carbocycles. The molecule has 0 bridgehead atoms. The third kappa shape index (κ3) is 4.41. The number of nitrogens with zero attached hydrogens (tertiary/aromatic N) is 2. The lowest BCUT2D eigenvalue weighted by molar-refractivity contribution is 0.827. The van der Waals surface area contributed by atoms with E-state index in [1.54, 1.807) is 0 Å². The van der Waals surface area contributed by atoms with Crippen molar-refractivity contribution in [1.82, 2.24) is 9.13 Å². The second-order valence-corrected chi connectivity index (χ2v) is 12.7. The first-order chi connectivity index (χ1) is 23.7. The Morgan fingerprint density at radius 2 is 0.688 bits per heavy atom. The second-order valence-electron chi connectivity index (χ2n) is 12.7. The summed E-state index contributed by atoms with van der Waals surface area (Å²) in [5.41, 5.74) is 10.1. The first kappa shape index (κ1) is 28.4. The van der Waals surface area contributed by atoms with Crippen molar-refractivity contribution in [2.24, 2.45) is 0 Å². The van der Waals surface area contributed by atoms with Gasteiger partial charge < -0.3 is 9.13 Å². The van der Waals surface area contributed by atoms with Crippen LogP contribution in [0.4, 0.5) is 0 Å². The molecule has 0 saturated carbocycles. The van der Waals surface area contributed by atoms with Crippen LogP contribution in [0.15, 0.2) is 133 Å².